The zero-order chi connectivity index (χ0) is 30.6. The van der Waals surface area contributed by atoms with E-state index < -0.39 is 45.7 Å². The van der Waals surface area contributed by atoms with Gasteiger partial charge in [-0.1, -0.05) is 47.5 Å². The van der Waals surface area contributed by atoms with E-state index in [1.54, 1.807) is 55.6 Å². The summed E-state index contributed by atoms with van der Waals surface area (Å²) in [5, 5.41) is 0. The van der Waals surface area contributed by atoms with Crippen LogP contribution in [0.5, 0.6) is 5.75 Å². The van der Waals surface area contributed by atoms with Gasteiger partial charge in [-0.2, -0.15) is 16.8 Å². The van der Waals surface area contributed by atoms with Gasteiger partial charge in [-0.25, -0.2) is 0 Å². The Hall–Kier alpha value is -2.84. The number of ether oxygens (including phenoxy) is 4. The van der Waals surface area contributed by atoms with E-state index in [-0.39, 0.29) is 29.6 Å². The van der Waals surface area contributed by atoms with Gasteiger partial charge in [0.25, 0.3) is 20.2 Å². The molecule has 0 aliphatic heterocycles. The first-order valence-electron chi connectivity index (χ1n) is 13.4. The topological polar surface area (TPSA) is 124 Å². The minimum atomic E-state index is -4.15. The molecule has 0 aliphatic carbocycles. The molecule has 0 unspecified atom stereocenters. The van der Waals surface area contributed by atoms with Crippen molar-refractivity contribution in [2.75, 3.05) is 40.1 Å². The molecule has 2 atom stereocenters. The van der Waals surface area contributed by atoms with Crippen LogP contribution in [0.3, 0.4) is 0 Å². The van der Waals surface area contributed by atoms with Crippen LogP contribution in [0.1, 0.15) is 23.6 Å². The molecule has 42 heavy (non-hydrogen) atoms. The van der Waals surface area contributed by atoms with E-state index in [1.807, 2.05) is 20.8 Å². The summed E-state index contributed by atoms with van der Waals surface area (Å²) in [5.74, 6) is 0.662. The number of aryl methyl sites for hydroxylation is 2. The number of methoxy groups -OCH3 is 1. The van der Waals surface area contributed by atoms with Gasteiger partial charge < -0.3 is 18.9 Å². The Balaban J connectivity index is 1.83. The molecule has 0 fully saturated rings. The Morgan fingerprint density at radius 2 is 1.12 bits per heavy atom. The normalized spacial score (nSPS) is 13.5. The average molecular weight is 623 g/mol. The van der Waals surface area contributed by atoms with E-state index in [1.165, 1.54) is 24.3 Å². The molecule has 3 rings (SSSR count). The average Bonchev–Trinajstić information content (AvgIpc) is 2.98. The Bertz CT molecular complexity index is 1440. The molecule has 0 heterocycles. The van der Waals surface area contributed by atoms with E-state index >= 15 is 0 Å². The zero-order valence-electron chi connectivity index (χ0n) is 24.2. The van der Waals surface area contributed by atoms with E-state index in [0.29, 0.717) is 12.4 Å². The third kappa shape index (κ3) is 10.5. The Labute approximate surface area is 248 Å². The van der Waals surface area contributed by atoms with Gasteiger partial charge in [0.05, 0.1) is 49.9 Å². The van der Waals surface area contributed by atoms with Crippen molar-refractivity contribution in [1.29, 1.82) is 0 Å². The second-order valence-electron chi connectivity index (χ2n) is 9.41. The maximum absolute atomic E-state index is 13.0. The summed E-state index contributed by atoms with van der Waals surface area (Å²) in [6, 6.07) is 19.6. The van der Waals surface area contributed by atoms with Crippen LogP contribution >= 0.6 is 0 Å². The van der Waals surface area contributed by atoms with Crippen molar-refractivity contribution >= 4 is 20.2 Å². The largest absolute Gasteiger partial charge is 0.497 e. The van der Waals surface area contributed by atoms with Crippen molar-refractivity contribution in [2.24, 2.45) is 0 Å². The van der Waals surface area contributed by atoms with Crippen LogP contribution in [0.15, 0.2) is 82.6 Å². The second kappa shape index (κ2) is 16.1. The highest BCUT2D eigenvalue weighted by Gasteiger charge is 2.30. The van der Waals surface area contributed by atoms with Crippen molar-refractivity contribution in [3.8, 4) is 5.75 Å². The first-order chi connectivity index (χ1) is 20.0. The Morgan fingerprint density at radius 1 is 0.643 bits per heavy atom. The fourth-order valence-corrected chi connectivity index (χ4v) is 5.55. The molecule has 0 aliphatic rings. The van der Waals surface area contributed by atoms with Crippen LogP contribution in [0.4, 0.5) is 0 Å². The van der Waals surface area contributed by atoms with E-state index in [0.717, 1.165) is 16.7 Å². The van der Waals surface area contributed by atoms with Crippen molar-refractivity contribution in [1.82, 2.24) is 0 Å². The van der Waals surface area contributed by atoms with Gasteiger partial charge in [0.15, 0.2) is 0 Å². The molecule has 10 nitrogen and oxygen atoms in total. The van der Waals surface area contributed by atoms with Crippen molar-refractivity contribution in [3.63, 3.8) is 0 Å². The third-order valence-corrected chi connectivity index (χ3v) is 8.79. The molecule has 0 saturated carbocycles. The first-order valence-corrected chi connectivity index (χ1v) is 16.2. The summed E-state index contributed by atoms with van der Waals surface area (Å²) in [6.45, 7) is 5.43. The molecular weight excluding hydrogens is 584 g/mol. The molecule has 3 aromatic carbocycles. The molecule has 0 spiro atoms. The standard InChI is InChI=1S/C30H38O10S2/c1-5-36-18-19-37-29(21-39-41(31,32)27-14-6-23(2)7-15-27)30(38-20-25-10-12-26(35-4)13-11-25)22-40-42(33,34)28-16-8-24(3)9-17-28/h6-17,29-30H,5,18-22H2,1-4H3/t29-,30-/m1/s1. The highest BCUT2D eigenvalue weighted by Crippen LogP contribution is 2.20. The Morgan fingerprint density at radius 3 is 1.57 bits per heavy atom. The molecule has 12 heteroatoms. The van der Waals surface area contributed by atoms with Crippen molar-refractivity contribution < 1.29 is 44.1 Å². The number of benzene rings is 3. The van der Waals surface area contributed by atoms with Gasteiger partial charge in [0.1, 0.15) is 18.0 Å². The molecule has 230 valence electrons. The molecule has 0 saturated heterocycles. The number of rotatable bonds is 18. The van der Waals surface area contributed by atoms with Crippen LogP contribution in [0.25, 0.3) is 0 Å². The summed E-state index contributed by atoms with van der Waals surface area (Å²) in [6.07, 6.45) is -2.07. The highest BCUT2D eigenvalue weighted by molar-refractivity contribution is 7.87. The zero-order valence-corrected chi connectivity index (χ0v) is 25.9. The van der Waals surface area contributed by atoms with Gasteiger partial charge in [-0.05, 0) is 62.7 Å². The second-order valence-corrected chi connectivity index (χ2v) is 12.6. The molecule has 3 aromatic rings. The lowest BCUT2D eigenvalue weighted by atomic mass is 10.2. The predicted molar refractivity (Wildman–Crippen MR) is 156 cm³/mol. The molecular formula is C30H38O10S2. The van der Waals surface area contributed by atoms with Gasteiger partial charge in [0, 0.05) is 6.61 Å². The number of hydrogen-bond acceptors (Lipinski definition) is 10. The lowest BCUT2D eigenvalue weighted by Crippen LogP contribution is -2.40. The summed E-state index contributed by atoms with van der Waals surface area (Å²) in [5.41, 5.74) is 2.55. The Kier molecular flexibility index (Phi) is 12.9. The van der Waals surface area contributed by atoms with Gasteiger partial charge in [-0.3, -0.25) is 8.37 Å². The lowest BCUT2D eigenvalue weighted by Gasteiger charge is -2.27. The van der Waals surface area contributed by atoms with Crippen LogP contribution in [0.2, 0.25) is 0 Å². The first kappa shape index (κ1) is 33.7. The van der Waals surface area contributed by atoms with E-state index in [4.69, 9.17) is 27.3 Å². The quantitative estimate of drug-likeness (QED) is 0.149. The monoisotopic (exact) mass is 622 g/mol. The van der Waals surface area contributed by atoms with Crippen LogP contribution in [0, 0.1) is 13.8 Å². The van der Waals surface area contributed by atoms with Crippen LogP contribution < -0.4 is 4.74 Å². The van der Waals surface area contributed by atoms with E-state index in [2.05, 4.69) is 0 Å². The molecule has 0 N–H and O–H groups in total. The summed E-state index contributed by atoms with van der Waals surface area (Å²) in [4.78, 5) is -0.0379. The summed E-state index contributed by atoms with van der Waals surface area (Å²) in [7, 11) is -6.74. The fraction of sp³-hybridized carbons (Fsp3) is 0.400. The molecule has 0 radical (unpaired) electrons. The molecule has 0 bridgehead atoms. The molecule has 0 amide bonds. The SMILES string of the molecule is CCOCCO[C@H](COS(=O)(=O)c1ccc(C)cc1)[C@@H](COS(=O)(=O)c1ccc(C)cc1)OCc1ccc(OC)cc1. The van der Waals surface area contributed by atoms with Gasteiger partial charge in [0.2, 0.25) is 0 Å². The lowest BCUT2D eigenvalue weighted by molar-refractivity contribution is -0.113. The van der Waals surface area contributed by atoms with Crippen LogP contribution in [-0.2, 0) is 49.4 Å². The number of hydrogen-bond donors (Lipinski definition) is 0. The fourth-order valence-electron chi connectivity index (χ4n) is 3.71. The van der Waals surface area contributed by atoms with Crippen molar-refractivity contribution in [2.45, 2.75) is 49.4 Å². The highest BCUT2D eigenvalue weighted by atomic mass is 32.2. The predicted octanol–water partition coefficient (Wildman–Crippen LogP) is 4.43. The molecule has 0 aromatic heterocycles. The smallest absolute Gasteiger partial charge is 0.297 e. The minimum Gasteiger partial charge on any atom is -0.497 e. The van der Waals surface area contributed by atoms with Crippen molar-refractivity contribution in [3.05, 3.63) is 89.5 Å². The summed E-state index contributed by atoms with van der Waals surface area (Å²) < 4.78 is 85.1. The van der Waals surface area contributed by atoms with Crippen LogP contribution in [-0.4, -0.2) is 69.2 Å². The van der Waals surface area contributed by atoms with E-state index in [9.17, 15) is 16.8 Å². The summed E-state index contributed by atoms with van der Waals surface area (Å²) >= 11 is 0. The maximum Gasteiger partial charge on any atom is 0.297 e. The van der Waals surface area contributed by atoms with Gasteiger partial charge >= 0.3 is 0 Å². The maximum atomic E-state index is 13.0. The van der Waals surface area contributed by atoms with Gasteiger partial charge in [-0.15, -0.1) is 0 Å². The minimum absolute atomic E-state index is 0.0185. The third-order valence-electron chi connectivity index (χ3n) is 6.20.